The molecule has 0 spiro atoms. The molecule has 0 saturated heterocycles. The van der Waals surface area contributed by atoms with E-state index in [-0.39, 0.29) is 0 Å². The lowest BCUT2D eigenvalue weighted by Gasteiger charge is -2.24. The predicted molar refractivity (Wildman–Crippen MR) is 62.2 cm³/mol. The zero-order chi connectivity index (χ0) is 12.0. The van der Waals surface area contributed by atoms with Crippen LogP contribution in [0.25, 0.3) is 0 Å². The summed E-state index contributed by atoms with van der Waals surface area (Å²) in [7, 11) is 1.69. The van der Waals surface area contributed by atoms with Crippen molar-refractivity contribution in [2.24, 2.45) is 0 Å². The summed E-state index contributed by atoms with van der Waals surface area (Å²) in [5, 5.41) is 13.4. The first-order chi connectivity index (χ1) is 7.56. The fourth-order valence-corrected chi connectivity index (χ4v) is 1.44. The number of hydrogen-bond donors (Lipinski definition) is 2. The van der Waals surface area contributed by atoms with Gasteiger partial charge in [0, 0.05) is 26.3 Å². The van der Waals surface area contributed by atoms with Crippen molar-refractivity contribution in [3.8, 4) is 0 Å². The Morgan fingerprint density at radius 1 is 1.62 bits per heavy atom. The first-order valence-electron chi connectivity index (χ1n) is 5.55. The summed E-state index contributed by atoms with van der Waals surface area (Å²) in [5.74, 6) is 0.582. The number of furan rings is 1. The monoisotopic (exact) mass is 227 g/mol. The maximum absolute atomic E-state index is 10.2. The van der Waals surface area contributed by atoms with Crippen molar-refractivity contribution in [3.05, 3.63) is 24.2 Å². The van der Waals surface area contributed by atoms with E-state index in [1.54, 1.807) is 32.4 Å². The Hall–Kier alpha value is -0.840. The van der Waals surface area contributed by atoms with Gasteiger partial charge in [-0.05, 0) is 32.4 Å². The molecule has 1 heterocycles. The third-order valence-electron chi connectivity index (χ3n) is 2.60. The molecule has 0 aliphatic heterocycles. The van der Waals surface area contributed by atoms with Gasteiger partial charge in [-0.2, -0.15) is 0 Å². The molecule has 0 aromatic carbocycles. The maximum atomic E-state index is 10.2. The summed E-state index contributed by atoms with van der Waals surface area (Å²) < 4.78 is 10.2. The van der Waals surface area contributed by atoms with Gasteiger partial charge in [0.2, 0.25) is 0 Å². The largest absolute Gasteiger partial charge is 0.466 e. The first-order valence-corrected chi connectivity index (χ1v) is 5.55. The van der Waals surface area contributed by atoms with Crippen LogP contribution in [0.1, 0.15) is 26.0 Å². The molecule has 0 bridgehead atoms. The van der Waals surface area contributed by atoms with Gasteiger partial charge in [-0.15, -0.1) is 0 Å². The fourth-order valence-electron chi connectivity index (χ4n) is 1.44. The van der Waals surface area contributed by atoms with Gasteiger partial charge in [-0.3, -0.25) is 0 Å². The van der Waals surface area contributed by atoms with Crippen LogP contribution in [0.5, 0.6) is 0 Å². The molecule has 0 saturated carbocycles. The minimum absolute atomic E-state index is 0.307. The summed E-state index contributed by atoms with van der Waals surface area (Å²) in [6.45, 7) is 4.99. The SMILES string of the molecule is COCCC(C)NCC(C)(O)c1ccco1. The molecule has 2 unspecified atom stereocenters. The normalized spacial score (nSPS) is 17.0. The second kappa shape index (κ2) is 6.03. The quantitative estimate of drug-likeness (QED) is 0.741. The third kappa shape index (κ3) is 3.96. The van der Waals surface area contributed by atoms with Crippen molar-refractivity contribution in [1.29, 1.82) is 0 Å². The highest BCUT2D eigenvalue weighted by atomic mass is 16.5. The molecule has 2 N–H and O–H groups in total. The minimum atomic E-state index is -0.967. The van der Waals surface area contributed by atoms with E-state index in [4.69, 9.17) is 9.15 Å². The molecular formula is C12H21NO3. The van der Waals surface area contributed by atoms with Gasteiger partial charge >= 0.3 is 0 Å². The molecule has 1 aromatic heterocycles. The fraction of sp³-hybridized carbons (Fsp3) is 0.667. The maximum Gasteiger partial charge on any atom is 0.136 e. The second-order valence-electron chi connectivity index (χ2n) is 4.31. The Morgan fingerprint density at radius 2 is 2.38 bits per heavy atom. The van der Waals surface area contributed by atoms with E-state index in [0.717, 1.165) is 13.0 Å². The van der Waals surface area contributed by atoms with E-state index in [0.29, 0.717) is 18.3 Å². The summed E-state index contributed by atoms with van der Waals surface area (Å²) >= 11 is 0. The molecule has 4 heteroatoms. The van der Waals surface area contributed by atoms with E-state index >= 15 is 0 Å². The van der Waals surface area contributed by atoms with Gasteiger partial charge in [-0.1, -0.05) is 0 Å². The summed E-state index contributed by atoms with van der Waals surface area (Å²) in [5.41, 5.74) is -0.967. The van der Waals surface area contributed by atoms with Crippen molar-refractivity contribution < 1.29 is 14.3 Å². The summed E-state index contributed by atoms with van der Waals surface area (Å²) in [4.78, 5) is 0. The molecule has 4 nitrogen and oxygen atoms in total. The predicted octanol–water partition coefficient (Wildman–Crippen LogP) is 1.50. The van der Waals surface area contributed by atoms with Crippen molar-refractivity contribution in [2.45, 2.75) is 31.9 Å². The average molecular weight is 227 g/mol. The van der Waals surface area contributed by atoms with Crippen LogP contribution in [0.3, 0.4) is 0 Å². The molecule has 2 atom stereocenters. The van der Waals surface area contributed by atoms with Crippen LogP contribution in [0.15, 0.2) is 22.8 Å². The lowest BCUT2D eigenvalue weighted by Crippen LogP contribution is -2.39. The van der Waals surface area contributed by atoms with Crippen LogP contribution in [-0.4, -0.2) is 31.4 Å². The standard InChI is InChI=1S/C12H21NO3/c1-10(6-8-15-3)13-9-12(2,14)11-5-4-7-16-11/h4-5,7,10,13-14H,6,8-9H2,1-3H3. The average Bonchev–Trinajstić information content (AvgIpc) is 2.77. The topological polar surface area (TPSA) is 54.6 Å². The lowest BCUT2D eigenvalue weighted by atomic mass is 10.0. The van der Waals surface area contributed by atoms with E-state index in [9.17, 15) is 5.11 Å². The molecule has 1 aromatic rings. The van der Waals surface area contributed by atoms with Crippen LogP contribution in [0.4, 0.5) is 0 Å². The van der Waals surface area contributed by atoms with E-state index in [2.05, 4.69) is 12.2 Å². The van der Waals surface area contributed by atoms with Crippen LogP contribution >= 0.6 is 0 Å². The van der Waals surface area contributed by atoms with E-state index in [1.807, 2.05) is 0 Å². The molecule has 0 amide bonds. The molecular weight excluding hydrogens is 206 g/mol. The van der Waals surface area contributed by atoms with Crippen molar-refractivity contribution in [3.63, 3.8) is 0 Å². The molecule has 0 aliphatic rings. The van der Waals surface area contributed by atoms with Gasteiger partial charge in [0.15, 0.2) is 0 Å². The Kier molecular flexibility index (Phi) is 4.99. The highest BCUT2D eigenvalue weighted by Gasteiger charge is 2.26. The minimum Gasteiger partial charge on any atom is -0.466 e. The van der Waals surface area contributed by atoms with Crippen LogP contribution in [0, 0.1) is 0 Å². The molecule has 92 valence electrons. The lowest BCUT2D eigenvalue weighted by molar-refractivity contribution is 0.0310. The smallest absolute Gasteiger partial charge is 0.136 e. The van der Waals surface area contributed by atoms with Gasteiger partial charge in [0.25, 0.3) is 0 Å². The number of ether oxygens (including phenoxy) is 1. The zero-order valence-corrected chi connectivity index (χ0v) is 10.2. The molecule has 1 rings (SSSR count). The van der Waals surface area contributed by atoms with Gasteiger partial charge in [0.05, 0.1) is 6.26 Å². The van der Waals surface area contributed by atoms with Gasteiger partial charge < -0.3 is 19.6 Å². The third-order valence-corrected chi connectivity index (χ3v) is 2.60. The van der Waals surface area contributed by atoms with E-state index in [1.165, 1.54) is 0 Å². The Labute approximate surface area is 96.6 Å². The molecule has 0 radical (unpaired) electrons. The number of hydrogen-bond acceptors (Lipinski definition) is 4. The van der Waals surface area contributed by atoms with Gasteiger partial charge in [0.1, 0.15) is 11.4 Å². The van der Waals surface area contributed by atoms with Crippen LogP contribution in [-0.2, 0) is 10.3 Å². The van der Waals surface area contributed by atoms with Crippen LogP contribution < -0.4 is 5.32 Å². The second-order valence-corrected chi connectivity index (χ2v) is 4.31. The molecule has 16 heavy (non-hydrogen) atoms. The Bertz CT molecular complexity index is 282. The van der Waals surface area contributed by atoms with Crippen molar-refractivity contribution >= 4 is 0 Å². The first kappa shape index (κ1) is 13.2. The number of nitrogens with one attached hydrogen (secondary N) is 1. The summed E-state index contributed by atoms with van der Waals surface area (Å²) in [6.07, 6.45) is 2.49. The number of rotatable bonds is 7. The molecule has 0 aliphatic carbocycles. The van der Waals surface area contributed by atoms with Crippen molar-refractivity contribution in [1.82, 2.24) is 5.32 Å². The number of methoxy groups -OCH3 is 1. The van der Waals surface area contributed by atoms with Crippen molar-refractivity contribution in [2.75, 3.05) is 20.3 Å². The zero-order valence-electron chi connectivity index (χ0n) is 10.2. The number of aliphatic hydroxyl groups is 1. The Morgan fingerprint density at radius 3 is 2.94 bits per heavy atom. The van der Waals surface area contributed by atoms with Crippen LogP contribution in [0.2, 0.25) is 0 Å². The van der Waals surface area contributed by atoms with E-state index < -0.39 is 5.60 Å². The highest BCUT2D eigenvalue weighted by Crippen LogP contribution is 2.19. The molecule has 0 fully saturated rings. The van der Waals surface area contributed by atoms with Gasteiger partial charge in [-0.25, -0.2) is 0 Å². The summed E-state index contributed by atoms with van der Waals surface area (Å²) in [6, 6.07) is 3.86. The Balaban J connectivity index is 2.36. The highest BCUT2D eigenvalue weighted by molar-refractivity contribution is 5.08.